The number of hydrogen-bond acceptors (Lipinski definition) is 8. The maximum absolute atomic E-state index is 12.5. The van der Waals surface area contributed by atoms with Crippen molar-refractivity contribution in [2.24, 2.45) is 0 Å². The van der Waals surface area contributed by atoms with E-state index >= 15 is 0 Å². The lowest BCUT2D eigenvalue weighted by atomic mass is 10.0. The molecule has 0 spiro atoms. The normalized spacial score (nSPS) is 15.0. The number of nitriles is 1. The minimum absolute atomic E-state index is 0.0736. The molecular weight excluding hydrogens is 527 g/mol. The van der Waals surface area contributed by atoms with Crippen molar-refractivity contribution in [3.8, 4) is 17.9 Å². The fourth-order valence-corrected chi connectivity index (χ4v) is 5.83. The zero-order chi connectivity index (χ0) is 26.6. The number of thioether (sulfide) groups is 2. The van der Waals surface area contributed by atoms with Crippen molar-refractivity contribution in [2.45, 2.75) is 25.4 Å². The zero-order valence-corrected chi connectivity index (χ0v) is 22.6. The van der Waals surface area contributed by atoms with Gasteiger partial charge in [-0.15, -0.1) is 11.3 Å². The van der Waals surface area contributed by atoms with Gasteiger partial charge >= 0.3 is 5.30 Å². The number of carbonyl (C=O) groups excluding carboxylic acids is 1. The number of hydrogen-bond donors (Lipinski definition) is 2. The molecule has 0 saturated carbocycles. The monoisotopic (exact) mass is 553 g/mol. The maximum atomic E-state index is 12.5. The van der Waals surface area contributed by atoms with E-state index in [1.165, 1.54) is 23.1 Å². The Labute approximate surface area is 229 Å². The Kier molecular flexibility index (Phi) is 11.3. The number of thiophene rings is 1. The first-order valence-electron chi connectivity index (χ1n) is 11.6. The van der Waals surface area contributed by atoms with Crippen LogP contribution in [0, 0.1) is 23.2 Å². The van der Waals surface area contributed by atoms with Crippen molar-refractivity contribution in [3.05, 3.63) is 80.9 Å². The molecule has 7 nitrogen and oxygen atoms in total. The number of amides is 1. The van der Waals surface area contributed by atoms with E-state index in [1.54, 1.807) is 22.5 Å². The molecule has 0 radical (unpaired) electrons. The molecule has 3 rings (SSSR count). The van der Waals surface area contributed by atoms with Gasteiger partial charge in [-0.1, -0.05) is 54.5 Å². The lowest BCUT2D eigenvalue weighted by Gasteiger charge is -2.38. The quantitative estimate of drug-likeness (QED) is 0.291. The smallest absolute Gasteiger partial charge is 0.369 e. The average molecular weight is 554 g/mol. The number of carboxylic acid groups (broad SMARTS) is 1. The molecule has 1 saturated heterocycles. The summed E-state index contributed by atoms with van der Waals surface area (Å²) in [6, 6.07) is 9.82. The number of aliphatic hydroxyl groups excluding tert-OH is 1. The first-order valence-corrected chi connectivity index (χ1v) is 14.3. The highest BCUT2D eigenvalue weighted by atomic mass is 32.2. The summed E-state index contributed by atoms with van der Waals surface area (Å²) in [5.41, 5.74) is 3.05. The van der Waals surface area contributed by atoms with Crippen LogP contribution in [0.25, 0.3) is 0 Å². The number of carbonyl (C=O) groups is 2. The molecule has 1 amide bonds. The molecule has 10 heteroatoms. The molecular formula is C27H27N3O4S3. The molecule has 1 aliphatic heterocycles. The third-order valence-electron chi connectivity index (χ3n) is 5.46. The number of hydrazine groups is 1. The van der Waals surface area contributed by atoms with Crippen molar-refractivity contribution in [3.63, 3.8) is 0 Å². The summed E-state index contributed by atoms with van der Waals surface area (Å²) in [7, 11) is 0. The van der Waals surface area contributed by atoms with Gasteiger partial charge in [0.15, 0.2) is 0 Å². The average Bonchev–Trinajstić information content (AvgIpc) is 3.33. The highest BCUT2D eigenvalue weighted by Gasteiger charge is 2.27. The van der Waals surface area contributed by atoms with Crippen molar-refractivity contribution >= 4 is 45.4 Å². The van der Waals surface area contributed by atoms with Gasteiger partial charge in [0.2, 0.25) is 0 Å². The molecule has 1 aliphatic rings. The van der Waals surface area contributed by atoms with Crippen LogP contribution in [0.4, 0.5) is 9.59 Å². The van der Waals surface area contributed by atoms with E-state index in [4.69, 9.17) is 10.4 Å². The summed E-state index contributed by atoms with van der Waals surface area (Å²) in [4.78, 5) is 24.2. The summed E-state index contributed by atoms with van der Waals surface area (Å²) >= 11 is 3.41. The summed E-state index contributed by atoms with van der Waals surface area (Å²) in [5.74, 6) is 6.81. The fraction of sp³-hybridized carbons (Fsp3) is 0.296. The van der Waals surface area contributed by atoms with Gasteiger partial charge in [-0.25, -0.2) is 9.80 Å². The Bertz CT molecular complexity index is 1260. The molecule has 1 atom stereocenters. The number of rotatable bonds is 10. The molecule has 0 bridgehead atoms. The zero-order valence-electron chi connectivity index (χ0n) is 20.1. The fourth-order valence-electron chi connectivity index (χ4n) is 3.71. The van der Waals surface area contributed by atoms with Gasteiger partial charge in [0.1, 0.15) is 6.07 Å². The van der Waals surface area contributed by atoms with Gasteiger partial charge in [-0.3, -0.25) is 9.80 Å². The largest absolute Gasteiger partial charge is 0.473 e. The van der Waals surface area contributed by atoms with E-state index in [0.717, 1.165) is 22.9 Å². The molecule has 1 aromatic heterocycles. The topological polar surface area (TPSA) is 105 Å². The highest BCUT2D eigenvalue weighted by molar-refractivity contribution is 8.16. The Morgan fingerprint density at radius 1 is 1.27 bits per heavy atom. The van der Waals surface area contributed by atoms with E-state index in [9.17, 15) is 14.7 Å². The molecule has 2 heterocycles. The van der Waals surface area contributed by atoms with Crippen LogP contribution in [-0.4, -0.2) is 62.3 Å². The molecule has 2 aromatic rings. The predicted octanol–water partition coefficient (Wildman–Crippen LogP) is 5.57. The van der Waals surface area contributed by atoms with Gasteiger partial charge in [0, 0.05) is 41.7 Å². The second kappa shape index (κ2) is 14.7. The molecule has 1 aromatic carbocycles. The number of nitrogens with zero attached hydrogens (tertiary/aromatic N) is 3. The molecule has 37 heavy (non-hydrogen) atoms. The molecule has 1 fully saturated rings. The summed E-state index contributed by atoms with van der Waals surface area (Å²) in [6.45, 7) is 5.17. The van der Waals surface area contributed by atoms with E-state index in [2.05, 4.69) is 24.5 Å². The van der Waals surface area contributed by atoms with Crippen molar-refractivity contribution in [1.29, 1.82) is 5.26 Å². The van der Waals surface area contributed by atoms with Crippen molar-refractivity contribution < 1.29 is 19.8 Å². The van der Waals surface area contributed by atoms with Gasteiger partial charge in [0.25, 0.3) is 5.24 Å². The van der Waals surface area contributed by atoms with E-state index in [1.807, 2.05) is 34.7 Å². The molecule has 2 N–H and O–H groups in total. The summed E-state index contributed by atoms with van der Waals surface area (Å²) in [6.07, 6.45) is 3.92. The first-order chi connectivity index (χ1) is 17.9. The third-order valence-corrected chi connectivity index (χ3v) is 7.83. The maximum Gasteiger partial charge on any atom is 0.369 e. The first kappa shape index (κ1) is 28.6. The molecule has 0 aliphatic carbocycles. The number of aliphatic hydroxyl groups is 1. The Morgan fingerprint density at radius 3 is 2.84 bits per heavy atom. The van der Waals surface area contributed by atoms with Crippen LogP contribution in [0.1, 0.15) is 35.1 Å². The number of benzene rings is 1. The lowest BCUT2D eigenvalue weighted by Crippen LogP contribution is -2.50. The van der Waals surface area contributed by atoms with Crippen LogP contribution >= 0.6 is 34.9 Å². The van der Waals surface area contributed by atoms with Crippen LogP contribution in [0.3, 0.4) is 0 Å². The molecule has 192 valence electrons. The minimum Gasteiger partial charge on any atom is -0.473 e. The summed E-state index contributed by atoms with van der Waals surface area (Å²) in [5, 5.41) is 35.1. The standard InChI is InChI=1S/C27H27N3O4S3/c1-2-4-25(37-27(33)34)10-12-30-26(32)36-14-13-29(30)11-9-24(31)16-21-6-3-5-20(15-21)7-8-22-18-35-19-23(22)17-28/h2-6,15,18-19,24,31H,1,9-14,16H2,(H,33,34)/b25-4-. The van der Waals surface area contributed by atoms with E-state index in [0.29, 0.717) is 60.7 Å². The highest BCUT2D eigenvalue weighted by Crippen LogP contribution is 2.25. The second-order valence-corrected chi connectivity index (χ2v) is 11.0. The minimum atomic E-state index is -0.999. The van der Waals surface area contributed by atoms with Gasteiger partial charge in [0.05, 0.1) is 17.2 Å². The van der Waals surface area contributed by atoms with Gasteiger partial charge < -0.3 is 10.2 Å². The van der Waals surface area contributed by atoms with Gasteiger partial charge in [-0.05, 0) is 53.6 Å². The van der Waals surface area contributed by atoms with E-state index < -0.39 is 11.4 Å². The van der Waals surface area contributed by atoms with E-state index in [-0.39, 0.29) is 5.24 Å². The van der Waals surface area contributed by atoms with Crippen LogP contribution in [0.15, 0.2) is 58.7 Å². The Morgan fingerprint density at radius 2 is 2.08 bits per heavy atom. The predicted molar refractivity (Wildman–Crippen MR) is 150 cm³/mol. The van der Waals surface area contributed by atoms with Crippen LogP contribution < -0.4 is 0 Å². The Balaban J connectivity index is 1.56. The van der Waals surface area contributed by atoms with Crippen LogP contribution in [0.2, 0.25) is 0 Å². The van der Waals surface area contributed by atoms with Gasteiger partial charge in [-0.2, -0.15) is 5.26 Å². The van der Waals surface area contributed by atoms with Crippen LogP contribution in [-0.2, 0) is 6.42 Å². The summed E-state index contributed by atoms with van der Waals surface area (Å²) < 4.78 is 0. The van der Waals surface area contributed by atoms with Crippen LogP contribution in [0.5, 0.6) is 0 Å². The number of allylic oxidation sites excluding steroid dienone is 2. The molecule has 1 unspecified atom stereocenters. The second-order valence-electron chi connectivity index (χ2n) is 8.09. The van der Waals surface area contributed by atoms with Crippen molar-refractivity contribution in [2.75, 3.05) is 25.4 Å². The Hall–Kier alpha value is -2.99. The lowest BCUT2D eigenvalue weighted by molar-refractivity contribution is 0.0150. The van der Waals surface area contributed by atoms with Crippen molar-refractivity contribution in [1.82, 2.24) is 10.0 Å². The third kappa shape index (κ3) is 9.12. The SMILES string of the molecule is C=C/C=C(/CCN1C(=O)SCCN1CCC(O)Cc1cccc(C#Cc2cscc2C#N)c1)SC(=O)O.